The van der Waals surface area contributed by atoms with Gasteiger partial charge in [-0.05, 0) is 87.9 Å². The summed E-state index contributed by atoms with van der Waals surface area (Å²) in [6.45, 7) is 10.7. The standard InChI is InChI=1S/C24H33NO3/c1-6-23(28-22-15-18(4)14-19(5)16-22)24(26)25-13-7-8-20-9-11-21(12-10-20)27-17(2)3/h9-12,14-17,23H,6-8,13H2,1-5H3,(H,25,26)/t23-/m0/s1. The minimum absolute atomic E-state index is 0.0534. The predicted molar refractivity (Wildman–Crippen MR) is 114 cm³/mol. The predicted octanol–water partition coefficient (Wildman–Crippen LogP) is 5.00. The second-order valence-corrected chi connectivity index (χ2v) is 7.54. The van der Waals surface area contributed by atoms with Gasteiger partial charge in [0.05, 0.1) is 6.10 Å². The molecule has 0 saturated heterocycles. The summed E-state index contributed by atoms with van der Waals surface area (Å²) in [5.74, 6) is 1.59. The molecule has 28 heavy (non-hydrogen) atoms. The fourth-order valence-electron chi connectivity index (χ4n) is 3.11. The molecule has 0 radical (unpaired) electrons. The number of hydrogen-bond donors (Lipinski definition) is 1. The fourth-order valence-corrected chi connectivity index (χ4v) is 3.11. The minimum atomic E-state index is -0.464. The summed E-state index contributed by atoms with van der Waals surface area (Å²) in [6, 6.07) is 14.2. The second kappa shape index (κ2) is 10.7. The highest BCUT2D eigenvalue weighted by Gasteiger charge is 2.18. The Hall–Kier alpha value is -2.49. The van der Waals surface area contributed by atoms with Gasteiger partial charge in [-0.15, -0.1) is 0 Å². The molecule has 0 spiro atoms. The molecule has 1 amide bonds. The molecule has 4 nitrogen and oxygen atoms in total. The molecule has 0 aromatic heterocycles. The number of benzene rings is 2. The molecule has 2 rings (SSSR count). The lowest BCUT2D eigenvalue weighted by atomic mass is 10.1. The van der Waals surface area contributed by atoms with Crippen LogP contribution in [0.2, 0.25) is 0 Å². The maximum absolute atomic E-state index is 12.5. The van der Waals surface area contributed by atoms with E-state index in [0.717, 1.165) is 35.5 Å². The molecular weight excluding hydrogens is 350 g/mol. The van der Waals surface area contributed by atoms with Crippen molar-refractivity contribution in [1.29, 1.82) is 0 Å². The molecule has 1 N–H and O–H groups in total. The third-order valence-electron chi connectivity index (χ3n) is 4.37. The van der Waals surface area contributed by atoms with Gasteiger partial charge in [0.2, 0.25) is 0 Å². The van der Waals surface area contributed by atoms with Gasteiger partial charge < -0.3 is 14.8 Å². The first kappa shape index (κ1) is 21.8. The zero-order valence-corrected chi connectivity index (χ0v) is 17.7. The van der Waals surface area contributed by atoms with E-state index in [1.54, 1.807) is 0 Å². The van der Waals surface area contributed by atoms with Crippen molar-refractivity contribution >= 4 is 5.91 Å². The van der Waals surface area contributed by atoms with Gasteiger partial charge >= 0.3 is 0 Å². The van der Waals surface area contributed by atoms with Crippen LogP contribution in [0, 0.1) is 13.8 Å². The van der Waals surface area contributed by atoms with E-state index >= 15 is 0 Å². The van der Waals surface area contributed by atoms with Crippen LogP contribution in [0.1, 0.15) is 50.3 Å². The zero-order valence-electron chi connectivity index (χ0n) is 17.7. The summed E-state index contributed by atoms with van der Waals surface area (Å²) in [7, 11) is 0. The summed E-state index contributed by atoms with van der Waals surface area (Å²) in [4.78, 5) is 12.5. The largest absolute Gasteiger partial charge is 0.491 e. The summed E-state index contributed by atoms with van der Waals surface area (Å²) in [5.41, 5.74) is 3.51. The molecule has 2 aromatic rings. The van der Waals surface area contributed by atoms with Crippen molar-refractivity contribution in [3.8, 4) is 11.5 Å². The summed E-state index contributed by atoms with van der Waals surface area (Å²) >= 11 is 0. The van der Waals surface area contributed by atoms with Gasteiger partial charge in [-0.1, -0.05) is 25.1 Å². The number of hydrogen-bond acceptors (Lipinski definition) is 3. The smallest absolute Gasteiger partial charge is 0.261 e. The molecule has 0 bridgehead atoms. The molecule has 2 aromatic carbocycles. The molecule has 0 saturated carbocycles. The van der Waals surface area contributed by atoms with E-state index in [1.807, 2.05) is 58.9 Å². The van der Waals surface area contributed by atoms with Gasteiger partial charge in [0.25, 0.3) is 5.91 Å². The first-order valence-electron chi connectivity index (χ1n) is 10.2. The fraction of sp³-hybridized carbons (Fsp3) is 0.458. The molecule has 0 unspecified atom stereocenters. The van der Waals surface area contributed by atoms with Crippen LogP contribution in [0.4, 0.5) is 0 Å². The van der Waals surface area contributed by atoms with Crippen molar-refractivity contribution in [2.75, 3.05) is 6.54 Å². The number of aryl methyl sites for hydroxylation is 3. The Morgan fingerprint density at radius 3 is 2.18 bits per heavy atom. The van der Waals surface area contributed by atoms with E-state index in [2.05, 4.69) is 23.5 Å². The van der Waals surface area contributed by atoms with Crippen LogP contribution < -0.4 is 14.8 Å². The summed E-state index contributed by atoms with van der Waals surface area (Å²) in [6.07, 6.45) is 2.15. The highest BCUT2D eigenvalue weighted by Crippen LogP contribution is 2.19. The number of ether oxygens (including phenoxy) is 2. The van der Waals surface area contributed by atoms with Crippen molar-refractivity contribution in [3.05, 3.63) is 59.2 Å². The molecule has 0 aliphatic rings. The molecule has 0 aliphatic carbocycles. The lowest BCUT2D eigenvalue weighted by molar-refractivity contribution is -0.128. The van der Waals surface area contributed by atoms with Gasteiger partial charge in [0.1, 0.15) is 11.5 Å². The SMILES string of the molecule is CC[C@H](Oc1cc(C)cc(C)c1)C(=O)NCCCc1ccc(OC(C)C)cc1. The maximum Gasteiger partial charge on any atom is 0.261 e. The Bertz CT molecular complexity index is 733. The molecular formula is C24H33NO3. The van der Waals surface area contributed by atoms with E-state index in [-0.39, 0.29) is 12.0 Å². The number of nitrogens with one attached hydrogen (secondary N) is 1. The Balaban J connectivity index is 1.77. The zero-order chi connectivity index (χ0) is 20.5. The first-order chi connectivity index (χ1) is 13.4. The van der Waals surface area contributed by atoms with Crippen LogP contribution in [-0.2, 0) is 11.2 Å². The topological polar surface area (TPSA) is 47.6 Å². The molecule has 0 fully saturated rings. The number of carbonyl (C=O) groups excluding carboxylic acids is 1. The maximum atomic E-state index is 12.5. The van der Waals surface area contributed by atoms with Crippen molar-refractivity contribution < 1.29 is 14.3 Å². The Labute approximate surface area is 169 Å². The normalized spacial score (nSPS) is 11.9. The van der Waals surface area contributed by atoms with Crippen molar-refractivity contribution in [1.82, 2.24) is 5.32 Å². The number of rotatable bonds is 10. The number of amides is 1. The number of carbonyl (C=O) groups is 1. The van der Waals surface area contributed by atoms with Crippen LogP contribution in [-0.4, -0.2) is 24.7 Å². The van der Waals surface area contributed by atoms with Crippen LogP contribution in [0.5, 0.6) is 11.5 Å². The van der Waals surface area contributed by atoms with Gasteiger partial charge in [-0.2, -0.15) is 0 Å². The van der Waals surface area contributed by atoms with E-state index in [9.17, 15) is 4.79 Å². The van der Waals surface area contributed by atoms with Gasteiger partial charge in [0.15, 0.2) is 6.10 Å². The highest BCUT2D eigenvalue weighted by atomic mass is 16.5. The van der Waals surface area contributed by atoms with Crippen LogP contribution in [0.15, 0.2) is 42.5 Å². The molecule has 0 heterocycles. The molecule has 0 aliphatic heterocycles. The second-order valence-electron chi connectivity index (χ2n) is 7.54. The molecule has 4 heteroatoms. The monoisotopic (exact) mass is 383 g/mol. The average Bonchev–Trinajstić information content (AvgIpc) is 2.63. The van der Waals surface area contributed by atoms with E-state index in [0.29, 0.717) is 13.0 Å². The summed E-state index contributed by atoms with van der Waals surface area (Å²) in [5, 5.41) is 3.00. The Kier molecular flexibility index (Phi) is 8.37. The minimum Gasteiger partial charge on any atom is -0.491 e. The Morgan fingerprint density at radius 1 is 0.964 bits per heavy atom. The van der Waals surface area contributed by atoms with Crippen molar-refractivity contribution in [2.45, 2.75) is 66.1 Å². The van der Waals surface area contributed by atoms with Crippen molar-refractivity contribution in [3.63, 3.8) is 0 Å². The van der Waals surface area contributed by atoms with Crippen LogP contribution >= 0.6 is 0 Å². The van der Waals surface area contributed by atoms with E-state index in [4.69, 9.17) is 9.47 Å². The van der Waals surface area contributed by atoms with Crippen LogP contribution in [0.3, 0.4) is 0 Å². The van der Waals surface area contributed by atoms with Gasteiger partial charge in [0, 0.05) is 6.54 Å². The Morgan fingerprint density at radius 2 is 1.61 bits per heavy atom. The molecule has 152 valence electrons. The average molecular weight is 384 g/mol. The van der Waals surface area contributed by atoms with Gasteiger partial charge in [-0.3, -0.25) is 4.79 Å². The lowest BCUT2D eigenvalue weighted by Gasteiger charge is -2.18. The lowest BCUT2D eigenvalue weighted by Crippen LogP contribution is -2.38. The third-order valence-corrected chi connectivity index (χ3v) is 4.37. The van der Waals surface area contributed by atoms with E-state index < -0.39 is 6.10 Å². The highest BCUT2D eigenvalue weighted by molar-refractivity contribution is 5.81. The first-order valence-corrected chi connectivity index (χ1v) is 10.2. The van der Waals surface area contributed by atoms with Gasteiger partial charge in [-0.25, -0.2) is 0 Å². The third kappa shape index (κ3) is 7.26. The van der Waals surface area contributed by atoms with Crippen LogP contribution in [0.25, 0.3) is 0 Å². The summed E-state index contributed by atoms with van der Waals surface area (Å²) < 4.78 is 11.6. The molecule has 1 atom stereocenters. The van der Waals surface area contributed by atoms with E-state index in [1.165, 1.54) is 5.56 Å². The quantitative estimate of drug-likeness (QED) is 0.588. The van der Waals surface area contributed by atoms with Crippen molar-refractivity contribution in [2.24, 2.45) is 0 Å².